The molecule has 0 fully saturated rings. The Labute approximate surface area is 78.3 Å². The Bertz CT molecular complexity index is 148. The fourth-order valence-corrected chi connectivity index (χ4v) is 7.57. The van der Waals surface area contributed by atoms with Gasteiger partial charge in [-0.1, -0.05) is 6.92 Å². The minimum absolute atomic E-state index is 0.579. The second-order valence-electron chi connectivity index (χ2n) is 4.07. The van der Waals surface area contributed by atoms with Crippen LogP contribution in [0.5, 0.6) is 0 Å². The summed E-state index contributed by atoms with van der Waals surface area (Å²) in [5.41, 5.74) is 12.0. The van der Waals surface area contributed by atoms with E-state index in [1.807, 2.05) is 6.92 Å². The van der Waals surface area contributed by atoms with Crippen molar-refractivity contribution in [3.63, 3.8) is 0 Å². The molecule has 0 saturated carbocycles. The molecule has 0 heterocycles. The molecule has 0 aromatic carbocycles. The molecule has 4 N–H and O–H groups in total. The first-order valence-electron chi connectivity index (χ1n) is 4.48. The molecule has 0 aliphatic carbocycles. The topological polar surface area (TPSA) is 61.3 Å². The maximum Gasteiger partial charge on any atom is 0.208 e. The molecule has 0 aromatic rings. The van der Waals surface area contributed by atoms with Gasteiger partial charge in [-0.05, 0) is 32.6 Å². The first-order valence-corrected chi connectivity index (χ1v) is 10.2. The van der Waals surface area contributed by atoms with Crippen molar-refractivity contribution in [2.45, 2.75) is 44.8 Å². The Kier molecular flexibility index (Phi) is 4.12. The molecule has 5 heteroatoms. The Morgan fingerprint density at radius 1 is 1.33 bits per heavy atom. The number of rotatable bonds is 4. The summed E-state index contributed by atoms with van der Waals surface area (Å²) in [4.78, 5) is 0. The lowest BCUT2D eigenvalue weighted by Crippen LogP contribution is -2.69. The molecule has 0 bridgehead atoms. The van der Waals surface area contributed by atoms with Gasteiger partial charge in [0.15, 0.2) is 9.04 Å². The van der Waals surface area contributed by atoms with Gasteiger partial charge in [-0.3, -0.25) is 0 Å². The smallest absolute Gasteiger partial charge is 0.208 e. The van der Waals surface area contributed by atoms with Crippen molar-refractivity contribution < 1.29 is 4.12 Å². The normalized spacial score (nSPS) is 14.0. The average molecular weight is 206 g/mol. The summed E-state index contributed by atoms with van der Waals surface area (Å²) in [6, 6.07) is 0. The Morgan fingerprint density at radius 3 is 2.00 bits per heavy atom. The van der Waals surface area contributed by atoms with E-state index in [4.69, 9.17) is 15.6 Å². The lowest BCUT2D eigenvalue weighted by Gasteiger charge is -2.39. The van der Waals surface area contributed by atoms with E-state index < -0.39 is 22.6 Å². The Hall–Kier alpha value is 0.314. The van der Waals surface area contributed by atoms with Gasteiger partial charge < -0.3 is 15.6 Å². The van der Waals surface area contributed by atoms with Crippen LogP contribution in [0.4, 0.5) is 0 Å². The SMILES string of the molecule is CCC(N)(N)[Si](C)(C)O[SiH](C)C. The summed E-state index contributed by atoms with van der Waals surface area (Å²) in [7, 11) is -2.88. The maximum atomic E-state index is 5.98. The molecule has 0 amide bonds. The van der Waals surface area contributed by atoms with E-state index >= 15 is 0 Å². The standard InChI is InChI=1S/C7H22N2OSi2/c1-6-7(8,9)12(4,5)10-11(2)3/h11H,6,8-9H2,1-5H3. The highest BCUT2D eigenvalue weighted by molar-refractivity contribution is 6.80. The van der Waals surface area contributed by atoms with E-state index in [1.165, 1.54) is 0 Å². The van der Waals surface area contributed by atoms with Crippen molar-refractivity contribution in [2.24, 2.45) is 11.5 Å². The van der Waals surface area contributed by atoms with Gasteiger partial charge in [0.2, 0.25) is 8.32 Å². The van der Waals surface area contributed by atoms with Crippen molar-refractivity contribution in [1.82, 2.24) is 0 Å². The third-order valence-corrected chi connectivity index (χ3v) is 9.07. The van der Waals surface area contributed by atoms with Crippen LogP contribution in [0.1, 0.15) is 13.3 Å². The van der Waals surface area contributed by atoms with Crippen LogP contribution < -0.4 is 11.5 Å². The van der Waals surface area contributed by atoms with E-state index in [-0.39, 0.29) is 0 Å². The number of nitrogens with two attached hydrogens (primary N) is 2. The monoisotopic (exact) mass is 206 g/mol. The van der Waals surface area contributed by atoms with Crippen molar-refractivity contribution in [3.8, 4) is 0 Å². The van der Waals surface area contributed by atoms with Gasteiger partial charge >= 0.3 is 0 Å². The zero-order valence-corrected chi connectivity index (χ0v) is 11.0. The molecular weight excluding hydrogens is 184 g/mol. The van der Waals surface area contributed by atoms with Crippen LogP contribution in [0.15, 0.2) is 0 Å². The highest BCUT2D eigenvalue weighted by atomic mass is 28.4. The van der Waals surface area contributed by atoms with Gasteiger partial charge in [-0.25, -0.2) is 0 Å². The minimum Gasteiger partial charge on any atom is -0.456 e. The van der Waals surface area contributed by atoms with E-state index in [0.717, 1.165) is 6.42 Å². The number of hydrogen-bond acceptors (Lipinski definition) is 3. The van der Waals surface area contributed by atoms with Crippen LogP contribution in [0, 0.1) is 0 Å². The van der Waals surface area contributed by atoms with Crippen LogP contribution in [0.2, 0.25) is 26.2 Å². The van der Waals surface area contributed by atoms with Gasteiger partial charge in [0.25, 0.3) is 0 Å². The molecule has 74 valence electrons. The largest absolute Gasteiger partial charge is 0.456 e. The predicted molar refractivity (Wildman–Crippen MR) is 58.8 cm³/mol. The third kappa shape index (κ3) is 2.98. The van der Waals surface area contributed by atoms with Crippen LogP contribution in [-0.4, -0.2) is 22.6 Å². The molecule has 0 radical (unpaired) electrons. The fourth-order valence-electron chi connectivity index (χ4n) is 1.12. The number of hydrogen-bond donors (Lipinski definition) is 2. The summed E-state index contributed by atoms with van der Waals surface area (Å²) >= 11 is 0. The Balaban J connectivity index is 4.37. The highest BCUT2D eigenvalue weighted by Crippen LogP contribution is 2.18. The zero-order valence-electron chi connectivity index (χ0n) is 8.85. The van der Waals surface area contributed by atoms with E-state index in [2.05, 4.69) is 26.2 Å². The average Bonchev–Trinajstić information content (AvgIpc) is 1.84. The third-order valence-electron chi connectivity index (χ3n) is 2.24. The van der Waals surface area contributed by atoms with Crippen LogP contribution >= 0.6 is 0 Å². The first-order chi connectivity index (χ1) is 5.23. The quantitative estimate of drug-likeness (QED) is 0.527. The highest BCUT2D eigenvalue weighted by Gasteiger charge is 2.41. The predicted octanol–water partition coefficient (Wildman–Crippen LogP) is 0.754. The van der Waals surface area contributed by atoms with Crippen LogP contribution in [0.3, 0.4) is 0 Å². The zero-order chi connectivity index (χ0) is 9.99. The summed E-state index contributed by atoms with van der Waals surface area (Å²) in [6.07, 6.45) is 0.785. The lowest BCUT2D eigenvalue weighted by atomic mass is 10.4. The van der Waals surface area contributed by atoms with E-state index in [9.17, 15) is 0 Å². The van der Waals surface area contributed by atoms with Crippen molar-refractivity contribution in [1.29, 1.82) is 0 Å². The van der Waals surface area contributed by atoms with E-state index in [1.54, 1.807) is 0 Å². The van der Waals surface area contributed by atoms with Crippen LogP contribution in [-0.2, 0) is 4.12 Å². The van der Waals surface area contributed by atoms with Crippen molar-refractivity contribution in [3.05, 3.63) is 0 Å². The first kappa shape index (κ1) is 12.3. The molecule has 0 atom stereocenters. The minimum atomic E-state index is -1.88. The molecule has 0 aromatic heterocycles. The molecule has 0 aliphatic rings. The second kappa shape index (κ2) is 4.01. The van der Waals surface area contributed by atoms with Gasteiger partial charge in [0, 0.05) is 0 Å². The molecule has 0 aliphatic heterocycles. The summed E-state index contributed by atoms with van der Waals surface area (Å²) < 4.78 is 5.92. The lowest BCUT2D eigenvalue weighted by molar-refractivity contribution is 0.458. The molecule has 0 saturated heterocycles. The Morgan fingerprint density at radius 2 is 1.75 bits per heavy atom. The maximum absolute atomic E-state index is 5.98. The summed E-state index contributed by atoms with van der Waals surface area (Å²) in [5, 5.41) is -0.579. The van der Waals surface area contributed by atoms with Gasteiger partial charge in [0.1, 0.15) is 0 Å². The molecule has 0 rings (SSSR count). The molecule has 0 unspecified atom stereocenters. The van der Waals surface area contributed by atoms with Crippen LogP contribution in [0.25, 0.3) is 0 Å². The van der Waals surface area contributed by atoms with Gasteiger partial charge in [-0.2, -0.15) is 0 Å². The molecule has 12 heavy (non-hydrogen) atoms. The van der Waals surface area contributed by atoms with E-state index in [0.29, 0.717) is 0 Å². The fraction of sp³-hybridized carbons (Fsp3) is 1.00. The summed E-state index contributed by atoms with van der Waals surface area (Å²) in [6.45, 7) is 10.5. The molecule has 0 spiro atoms. The second-order valence-corrected chi connectivity index (χ2v) is 11.1. The molecular formula is C7H22N2OSi2. The summed E-state index contributed by atoms with van der Waals surface area (Å²) in [5.74, 6) is 0. The van der Waals surface area contributed by atoms with Crippen molar-refractivity contribution >= 4 is 17.4 Å². The van der Waals surface area contributed by atoms with Crippen molar-refractivity contribution in [2.75, 3.05) is 0 Å². The van der Waals surface area contributed by atoms with Gasteiger partial charge in [-0.15, -0.1) is 0 Å². The molecule has 3 nitrogen and oxygen atoms in total. The van der Waals surface area contributed by atoms with Gasteiger partial charge in [0.05, 0.1) is 5.29 Å².